The average molecular weight is 296 g/mol. The second kappa shape index (κ2) is 7.64. The third kappa shape index (κ3) is 8.56. The molecule has 0 aliphatic rings. The topological polar surface area (TPSA) is 55.6 Å². The molecule has 1 unspecified atom stereocenters. The van der Waals surface area contributed by atoms with Crippen LogP contribution in [0.1, 0.15) is 48.5 Å². The van der Waals surface area contributed by atoms with Crippen molar-refractivity contribution in [2.75, 3.05) is 13.6 Å². The Morgan fingerprint density at radius 3 is 2.19 bits per heavy atom. The maximum absolute atomic E-state index is 12.0. The number of nitrogens with two attached hydrogens (primary N) is 1. The summed E-state index contributed by atoms with van der Waals surface area (Å²) < 4.78 is 5.37. The molecule has 122 valence electrons. The Morgan fingerprint density at radius 2 is 1.81 bits per heavy atom. The highest BCUT2D eigenvalue weighted by Gasteiger charge is 2.22. The molecule has 1 amide bonds. The summed E-state index contributed by atoms with van der Waals surface area (Å²) in [7, 11) is 1.74. The van der Waals surface area contributed by atoms with Gasteiger partial charge in [-0.1, -0.05) is 37.6 Å². The minimum absolute atomic E-state index is 0.308. The SMILES string of the molecule is C/C=C\C(C)(N)/C=C(/CN(C)C(=O)OC(C)(C)C)C(C)C. The van der Waals surface area contributed by atoms with E-state index in [9.17, 15) is 4.79 Å². The Balaban J connectivity index is 5.03. The molecule has 1 atom stereocenters. The Hall–Kier alpha value is -1.29. The van der Waals surface area contributed by atoms with Gasteiger partial charge in [-0.15, -0.1) is 0 Å². The van der Waals surface area contributed by atoms with Crippen molar-refractivity contribution in [1.29, 1.82) is 0 Å². The maximum Gasteiger partial charge on any atom is 0.410 e. The highest BCUT2D eigenvalue weighted by atomic mass is 16.6. The number of ether oxygens (including phenoxy) is 1. The van der Waals surface area contributed by atoms with Gasteiger partial charge in [-0.05, 0) is 40.5 Å². The molecule has 0 spiro atoms. The first-order valence-electron chi connectivity index (χ1n) is 7.46. The molecule has 0 aromatic rings. The lowest BCUT2D eigenvalue weighted by molar-refractivity contribution is 0.0310. The summed E-state index contributed by atoms with van der Waals surface area (Å²) in [5.41, 5.74) is 6.34. The monoisotopic (exact) mass is 296 g/mol. The molecule has 0 aliphatic heterocycles. The molecule has 0 rings (SSSR count). The van der Waals surface area contributed by atoms with Crippen LogP contribution in [0.5, 0.6) is 0 Å². The third-order valence-electron chi connectivity index (χ3n) is 2.89. The molecule has 0 aromatic heterocycles. The van der Waals surface area contributed by atoms with Gasteiger partial charge in [0.15, 0.2) is 0 Å². The summed E-state index contributed by atoms with van der Waals surface area (Å²) in [6, 6.07) is 0. The largest absolute Gasteiger partial charge is 0.444 e. The number of allylic oxidation sites excluding steroid dienone is 1. The van der Waals surface area contributed by atoms with Crippen molar-refractivity contribution >= 4 is 6.09 Å². The molecule has 0 saturated carbocycles. The molecule has 2 N–H and O–H groups in total. The molecule has 4 heteroatoms. The van der Waals surface area contributed by atoms with Gasteiger partial charge in [0.2, 0.25) is 0 Å². The summed E-state index contributed by atoms with van der Waals surface area (Å²) in [4.78, 5) is 13.6. The number of carbonyl (C=O) groups excluding carboxylic acids is 1. The van der Waals surface area contributed by atoms with E-state index in [0.717, 1.165) is 5.57 Å². The highest BCUT2D eigenvalue weighted by Crippen LogP contribution is 2.18. The summed E-state index contributed by atoms with van der Waals surface area (Å²) in [6.07, 6.45) is 5.59. The fraction of sp³-hybridized carbons (Fsp3) is 0.706. The van der Waals surface area contributed by atoms with Crippen LogP contribution in [0, 0.1) is 5.92 Å². The zero-order valence-electron chi connectivity index (χ0n) is 14.9. The quantitative estimate of drug-likeness (QED) is 0.786. The molecule has 0 radical (unpaired) electrons. The van der Waals surface area contributed by atoms with Crippen molar-refractivity contribution < 1.29 is 9.53 Å². The molecule has 21 heavy (non-hydrogen) atoms. The molecule has 0 bridgehead atoms. The first-order valence-corrected chi connectivity index (χ1v) is 7.46. The highest BCUT2D eigenvalue weighted by molar-refractivity contribution is 5.68. The van der Waals surface area contributed by atoms with E-state index in [-0.39, 0.29) is 6.09 Å². The summed E-state index contributed by atoms with van der Waals surface area (Å²) in [5.74, 6) is 0.308. The van der Waals surface area contributed by atoms with Gasteiger partial charge in [-0.25, -0.2) is 4.79 Å². The molecular weight excluding hydrogens is 264 g/mol. The Bertz CT molecular complexity index is 402. The van der Waals surface area contributed by atoms with Crippen molar-refractivity contribution in [1.82, 2.24) is 4.90 Å². The van der Waals surface area contributed by atoms with Gasteiger partial charge in [0, 0.05) is 19.1 Å². The molecule has 4 nitrogen and oxygen atoms in total. The summed E-state index contributed by atoms with van der Waals surface area (Å²) in [6.45, 7) is 14.2. The lowest BCUT2D eigenvalue weighted by Gasteiger charge is -2.27. The van der Waals surface area contributed by atoms with Crippen molar-refractivity contribution in [2.45, 2.75) is 59.6 Å². The lowest BCUT2D eigenvalue weighted by atomic mass is 9.93. The zero-order chi connectivity index (χ0) is 16.8. The van der Waals surface area contributed by atoms with Crippen molar-refractivity contribution in [2.24, 2.45) is 11.7 Å². The van der Waals surface area contributed by atoms with E-state index >= 15 is 0 Å². The van der Waals surface area contributed by atoms with Crippen LogP contribution in [0.4, 0.5) is 4.79 Å². The van der Waals surface area contributed by atoms with Gasteiger partial charge in [-0.3, -0.25) is 0 Å². The van der Waals surface area contributed by atoms with Crippen LogP contribution in [0.25, 0.3) is 0 Å². The smallest absolute Gasteiger partial charge is 0.410 e. The minimum atomic E-state index is -0.511. The van der Waals surface area contributed by atoms with Crippen LogP contribution >= 0.6 is 0 Å². The van der Waals surface area contributed by atoms with Crippen molar-refractivity contribution in [3.8, 4) is 0 Å². The van der Waals surface area contributed by atoms with Gasteiger partial charge in [0.05, 0.1) is 0 Å². The standard InChI is InChI=1S/C17H32N2O2/c1-9-10-17(7,18)11-14(13(2)3)12-19(8)15(20)21-16(4,5)6/h9-11,13H,12,18H2,1-8H3/b10-9-,14-11-. The van der Waals surface area contributed by atoms with Gasteiger partial charge in [0.1, 0.15) is 5.60 Å². The van der Waals surface area contributed by atoms with E-state index in [1.165, 1.54) is 0 Å². The fourth-order valence-corrected chi connectivity index (χ4v) is 1.88. The van der Waals surface area contributed by atoms with Gasteiger partial charge >= 0.3 is 6.09 Å². The van der Waals surface area contributed by atoms with E-state index in [1.54, 1.807) is 11.9 Å². The number of carbonyl (C=O) groups is 1. The molecule has 0 saturated heterocycles. The molecule has 0 fully saturated rings. The first kappa shape index (κ1) is 19.7. The second-order valence-corrected chi connectivity index (χ2v) is 7.08. The number of rotatable bonds is 5. The number of likely N-dealkylation sites (N-methyl/N-ethyl adjacent to an activating group) is 1. The number of nitrogens with zero attached hydrogens (tertiary/aromatic N) is 1. The van der Waals surface area contributed by atoms with Crippen LogP contribution < -0.4 is 5.73 Å². The van der Waals surface area contributed by atoms with Gasteiger partial charge in [-0.2, -0.15) is 0 Å². The van der Waals surface area contributed by atoms with Crippen LogP contribution in [-0.2, 0) is 4.74 Å². The average Bonchev–Trinajstić information content (AvgIpc) is 2.24. The Labute approximate surface area is 130 Å². The Kier molecular flexibility index (Phi) is 7.17. The summed E-state index contributed by atoms with van der Waals surface area (Å²) in [5, 5.41) is 0. The van der Waals surface area contributed by atoms with E-state index in [4.69, 9.17) is 10.5 Å². The van der Waals surface area contributed by atoms with E-state index in [2.05, 4.69) is 13.8 Å². The zero-order valence-corrected chi connectivity index (χ0v) is 14.9. The van der Waals surface area contributed by atoms with Crippen LogP contribution in [0.2, 0.25) is 0 Å². The number of amides is 1. The normalized spacial score (nSPS) is 16.2. The van der Waals surface area contributed by atoms with E-state index in [0.29, 0.717) is 12.5 Å². The predicted octanol–water partition coefficient (Wildman–Crippen LogP) is 3.73. The van der Waals surface area contributed by atoms with E-state index in [1.807, 2.05) is 52.8 Å². The molecule has 0 aliphatic carbocycles. The van der Waals surface area contributed by atoms with Crippen LogP contribution in [0.3, 0.4) is 0 Å². The molecular formula is C17H32N2O2. The minimum Gasteiger partial charge on any atom is -0.444 e. The predicted molar refractivity (Wildman–Crippen MR) is 89.2 cm³/mol. The molecule has 0 aromatic carbocycles. The van der Waals surface area contributed by atoms with Crippen molar-refractivity contribution in [3.05, 3.63) is 23.8 Å². The molecule has 0 heterocycles. The first-order chi connectivity index (χ1) is 9.38. The van der Waals surface area contributed by atoms with Gasteiger partial charge < -0.3 is 15.4 Å². The van der Waals surface area contributed by atoms with E-state index < -0.39 is 11.1 Å². The number of hydrogen-bond donors (Lipinski definition) is 1. The summed E-state index contributed by atoms with van der Waals surface area (Å²) >= 11 is 0. The lowest BCUT2D eigenvalue weighted by Crippen LogP contribution is -2.37. The Morgan fingerprint density at radius 1 is 1.29 bits per heavy atom. The van der Waals surface area contributed by atoms with Crippen LogP contribution in [0.15, 0.2) is 23.8 Å². The third-order valence-corrected chi connectivity index (χ3v) is 2.89. The fourth-order valence-electron chi connectivity index (χ4n) is 1.88. The number of hydrogen-bond acceptors (Lipinski definition) is 3. The second-order valence-electron chi connectivity index (χ2n) is 7.08. The van der Waals surface area contributed by atoms with Crippen molar-refractivity contribution in [3.63, 3.8) is 0 Å². The van der Waals surface area contributed by atoms with Crippen LogP contribution in [-0.4, -0.2) is 35.7 Å². The maximum atomic E-state index is 12.0. The van der Waals surface area contributed by atoms with Gasteiger partial charge in [0.25, 0.3) is 0 Å².